The van der Waals surface area contributed by atoms with E-state index in [1.807, 2.05) is 12.1 Å². The molecule has 2 rings (SSSR count). The second kappa shape index (κ2) is 4.33. The largest absolute Gasteiger partial charge is 0.488 e. The van der Waals surface area contributed by atoms with Crippen LogP contribution in [0.4, 0.5) is 0 Å². The van der Waals surface area contributed by atoms with Gasteiger partial charge in [-0.05, 0) is 30.8 Å². The Balaban J connectivity index is 1.87. The zero-order valence-electron chi connectivity index (χ0n) is 8.81. The Labute approximate surface area is 89.9 Å². The van der Waals surface area contributed by atoms with Gasteiger partial charge in [0.25, 0.3) is 0 Å². The second-order valence-corrected chi connectivity index (χ2v) is 3.73. The highest BCUT2D eigenvalue weighted by molar-refractivity contribution is 5.34. The summed E-state index contributed by atoms with van der Waals surface area (Å²) in [5.41, 5.74) is 0.672. The summed E-state index contributed by atoms with van der Waals surface area (Å²) in [5.74, 6) is 0.856. The third-order valence-electron chi connectivity index (χ3n) is 2.66. The summed E-state index contributed by atoms with van der Waals surface area (Å²) in [6.07, 6.45) is 0.317. The fourth-order valence-electron chi connectivity index (χ4n) is 1.66. The van der Waals surface area contributed by atoms with E-state index in [4.69, 9.17) is 10.00 Å². The minimum atomic E-state index is 0.317. The quantitative estimate of drug-likeness (QED) is 0.747. The lowest BCUT2D eigenvalue weighted by Gasteiger charge is -2.38. The summed E-state index contributed by atoms with van der Waals surface area (Å²) in [6, 6.07) is 9.36. The summed E-state index contributed by atoms with van der Waals surface area (Å²) in [5, 5.41) is 8.64. The van der Waals surface area contributed by atoms with Gasteiger partial charge in [0.15, 0.2) is 0 Å². The second-order valence-electron chi connectivity index (χ2n) is 3.73. The van der Waals surface area contributed by atoms with Crippen LogP contribution in [0.5, 0.6) is 5.75 Å². The van der Waals surface area contributed by atoms with Crippen LogP contribution in [0.3, 0.4) is 0 Å². The molecule has 0 amide bonds. The molecule has 3 nitrogen and oxygen atoms in total. The topological polar surface area (TPSA) is 36.3 Å². The van der Waals surface area contributed by atoms with E-state index in [9.17, 15) is 0 Å². The molecule has 0 spiro atoms. The van der Waals surface area contributed by atoms with Crippen molar-refractivity contribution in [3.8, 4) is 11.8 Å². The van der Waals surface area contributed by atoms with E-state index in [0.717, 1.165) is 25.4 Å². The van der Waals surface area contributed by atoms with Gasteiger partial charge >= 0.3 is 0 Å². The van der Waals surface area contributed by atoms with Crippen molar-refractivity contribution in [2.24, 2.45) is 0 Å². The SMILES string of the molecule is CCN1CC(Oc2ccc(C#N)cc2)C1. The van der Waals surface area contributed by atoms with Gasteiger partial charge in [-0.15, -0.1) is 0 Å². The summed E-state index contributed by atoms with van der Waals surface area (Å²) >= 11 is 0. The molecule has 0 atom stereocenters. The lowest BCUT2D eigenvalue weighted by atomic mass is 10.1. The lowest BCUT2D eigenvalue weighted by Crippen LogP contribution is -2.53. The monoisotopic (exact) mass is 202 g/mol. The number of hydrogen-bond acceptors (Lipinski definition) is 3. The van der Waals surface area contributed by atoms with Gasteiger partial charge in [-0.2, -0.15) is 5.26 Å². The smallest absolute Gasteiger partial charge is 0.124 e. The number of hydrogen-bond donors (Lipinski definition) is 0. The molecule has 0 unspecified atom stereocenters. The van der Waals surface area contributed by atoms with E-state index in [-0.39, 0.29) is 0 Å². The third kappa shape index (κ3) is 2.28. The van der Waals surface area contributed by atoms with E-state index in [0.29, 0.717) is 11.7 Å². The van der Waals surface area contributed by atoms with Gasteiger partial charge < -0.3 is 4.74 Å². The van der Waals surface area contributed by atoms with E-state index in [2.05, 4.69) is 17.9 Å². The molecule has 1 heterocycles. The van der Waals surface area contributed by atoms with E-state index < -0.39 is 0 Å². The normalized spacial score (nSPS) is 16.8. The molecular formula is C12H14N2O. The number of nitrogens with zero attached hydrogens (tertiary/aromatic N) is 2. The molecule has 1 saturated heterocycles. The highest BCUT2D eigenvalue weighted by atomic mass is 16.5. The highest BCUT2D eigenvalue weighted by Gasteiger charge is 2.26. The van der Waals surface area contributed by atoms with Gasteiger partial charge in [0.05, 0.1) is 11.6 Å². The maximum Gasteiger partial charge on any atom is 0.124 e. The van der Waals surface area contributed by atoms with Gasteiger partial charge in [0.1, 0.15) is 11.9 Å². The number of nitriles is 1. The van der Waals surface area contributed by atoms with Crippen molar-refractivity contribution in [2.45, 2.75) is 13.0 Å². The fraction of sp³-hybridized carbons (Fsp3) is 0.417. The highest BCUT2D eigenvalue weighted by Crippen LogP contribution is 2.18. The van der Waals surface area contributed by atoms with Crippen molar-refractivity contribution in [1.82, 2.24) is 4.90 Å². The molecule has 0 aromatic heterocycles. The van der Waals surface area contributed by atoms with Gasteiger partial charge in [0, 0.05) is 13.1 Å². The number of benzene rings is 1. The first-order chi connectivity index (χ1) is 7.31. The Morgan fingerprint density at radius 2 is 2.07 bits per heavy atom. The maximum absolute atomic E-state index is 8.64. The van der Waals surface area contributed by atoms with Crippen molar-refractivity contribution in [2.75, 3.05) is 19.6 Å². The van der Waals surface area contributed by atoms with Crippen LogP contribution in [0, 0.1) is 11.3 Å². The Hall–Kier alpha value is -1.53. The van der Waals surface area contributed by atoms with Gasteiger partial charge in [-0.25, -0.2) is 0 Å². The Morgan fingerprint density at radius 3 is 2.60 bits per heavy atom. The van der Waals surface area contributed by atoms with Crippen LogP contribution < -0.4 is 4.74 Å². The van der Waals surface area contributed by atoms with E-state index >= 15 is 0 Å². The standard InChI is InChI=1S/C12H14N2O/c1-2-14-8-12(9-14)15-11-5-3-10(7-13)4-6-11/h3-6,12H,2,8-9H2,1H3. The molecule has 78 valence electrons. The molecule has 0 radical (unpaired) electrons. The van der Waals surface area contributed by atoms with Crippen molar-refractivity contribution >= 4 is 0 Å². The van der Waals surface area contributed by atoms with Crippen LogP contribution in [0.25, 0.3) is 0 Å². The molecule has 15 heavy (non-hydrogen) atoms. The molecule has 1 fully saturated rings. The number of ether oxygens (including phenoxy) is 1. The molecule has 1 aromatic carbocycles. The number of rotatable bonds is 3. The molecule has 1 aliphatic rings. The van der Waals surface area contributed by atoms with Crippen LogP contribution in [-0.4, -0.2) is 30.6 Å². The summed E-state index contributed by atoms with van der Waals surface area (Å²) in [6.45, 7) is 5.26. The van der Waals surface area contributed by atoms with Crippen LogP contribution >= 0.6 is 0 Å². The Morgan fingerprint density at radius 1 is 1.40 bits per heavy atom. The molecule has 0 bridgehead atoms. The van der Waals surface area contributed by atoms with E-state index in [1.54, 1.807) is 12.1 Å². The zero-order valence-corrected chi connectivity index (χ0v) is 8.81. The average Bonchev–Trinajstić information content (AvgIpc) is 2.23. The van der Waals surface area contributed by atoms with Gasteiger partial charge in [-0.1, -0.05) is 6.92 Å². The van der Waals surface area contributed by atoms with Crippen LogP contribution in [0.1, 0.15) is 12.5 Å². The maximum atomic E-state index is 8.64. The molecule has 0 N–H and O–H groups in total. The van der Waals surface area contributed by atoms with Crippen LogP contribution in [-0.2, 0) is 0 Å². The molecule has 1 aliphatic heterocycles. The summed E-state index contributed by atoms with van der Waals surface area (Å²) in [4.78, 5) is 2.33. The first-order valence-electron chi connectivity index (χ1n) is 5.21. The zero-order chi connectivity index (χ0) is 10.7. The first-order valence-corrected chi connectivity index (χ1v) is 5.21. The van der Waals surface area contributed by atoms with Crippen molar-refractivity contribution < 1.29 is 4.74 Å². The lowest BCUT2D eigenvalue weighted by molar-refractivity contribution is 0.0238. The molecular weight excluding hydrogens is 188 g/mol. The third-order valence-corrected chi connectivity index (χ3v) is 2.66. The van der Waals surface area contributed by atoms with Gasteiger partial charge in [0.2, 0.25) is 0 Å². The van der Waals surface area contributed by atoms with Crippen LogP contribution in [0.2, 0.25) is 0 Å². The summed E-state index contributed by atoms with van der Waals surface area (Å²) in [7, 11) is 0. The van der Waals surface area contributed by atoms with Crippen molar-refractivity contribution in [3.05, 3.63) is 29.8 Å². The molecule has 0 aliphatic carbocycles. The Bertz CT molecular complexity index is 360. The van der Waals surface area contributed by atoms with E-state index in [1.165, 1.54) is 0 Å². The fourth-order valence-corrected chi connectivity index (χ4v) is 1.66. The minimum Gasteiger partial charge on any atom is -0.488 e. The minimum absolute atomic E-state index is 0.317. The summed E-state index contributed by atoms with van der Waals surface area (Å²) < 4.78 is 5.73. The number of likely N-dealkylation sites (N-methyl/N-ethyl adjacent to an activating group) is 1. The van der Waals surface area contributed by atoms with Gasteiger partial charge in [-0.3, -0.25) is 4.90 Å². The average molecular weight is 202 g/mol. The Kier molecular flexibility index (Phi) is 2.89. The predicted octanol–water partition coefficient (Wildman–Crippen LogP) is 1.64. The predicted molar refractivity (Wildman–Crippen MR) is 57.7 cm³/mol. The molecule has 0 saturated carbocycles. The molecule has 1 aromatic rings. The molecule has 3 heteroatoms. The number of likely N-dealkylation sites (tertiary alicyclic amines) is 1. The van der Waals surface area contributed by atoms with Crippen LogP contribution in [0.15, 0.2) is 24.3 Å². The van der Waals surface area contributed by atoms with Crippen molar-refractivity contribution in [3.63, 3.8) is 0 Å². The van der Waals surface area contributed by atoms with Crippen molar-refractivity contribution in [1.29, 1.82) is 5.26 Å². The first kappa shape index (κ1) is 10.0.